The van der Waals surface area contributed by atoms with Gasteiger partial charge in [0.1, 0.15) is 11.9 Å². The molecule has 2 heterocycles. The highest BCUT2D eigenvalue weighted by molar-refractivity contribution is 5.95. The summed E-state index contributed by atoms with van der Waals surface area (Å²) < 4.78 is 6.13. The molecule has 2 amide bonds. The molecule has 0 saturated heterocycles. The lowest BCUT2D eigenvalue weighted by molar-refractivity contribution is -0.131. The summed E-state index contributed by atoms with van der Waals surface area (Å²) in [4.78, 5) is 25.3. The average Bonchev–Trinajstić information content (AvgIpc) is 2.94. The van der Waals surface area contributed by atoms with E-state index < -0.39 is 0 Å². The molecule has 0 spiro atoms. The summed E-state index contributed by atoms with van der Waals surface area (Å²) in [6.07, 6.45) is 2.73. The zero-order chi connectivity index (χ0) is 17.3. The van der Waals surface area contributed by atoms with E-state index in [2.05, 4.69) is 11.4 Å². The molecular formula is C18H24N2O4. The van der Waals surface area contributed by atoms with Crippen LogP contribution in [0.15, 0.2) is 6.07 Å². The van der Waals surface area contributed by atoms with Crippen molar-refractivity contribution in [3.8, 4) is 5.75 Å². The van der Waals surface area contributed by atoms with Crippen molar-refractivity contribution in [2.75, 3.05) is 25.5 Å². The van der Waals surface area contributed by atoms with Crippen LogP contribution in [0.2, 0.25) is 0 Å². The number of amides is 2. The largest absolute Gasteiger partial charge is 0.488 e. The summed E-state index contributed by atoms with van der Waals surface area (Å²) in [5.74, 6) is 0.959. The minimum atomic E-state index is -0.0633. The molecule has 1 aromatic rings. The van der Waals surface area contributed by atoms with Crippen LogP contribution in [-0.4, -0.2) is 48.1 Å². The van der Waals surface area contributed by atoms with Gasteiger partial charge in [0.15, 0.2) is 0 Å². The molecule has 6 heteroatoms. The first-order chi connectivity index (χ1) is 11.5. The molecule has 0 fully saturated rings. The van der Waals surface area contributed by atoms with Crippen molar-refractivity contribution in [3.05, 3.63) is 22.8 Å². The fourth-order valence-corrected chi connectivity index (χ4v) is 3.48. The number of benzene rings is 1. The standard InChI is InChI=1S/C18H24N2O4/c1-11-8-12-9-13(10-20(2)16(23)4-3-7-21)24-18(12)14-5-6-15(22)19-17(11)14/h8,13,21H,3-7,9-10H2,1-2H3,(H,19,22). The Kier molecular flexibility index (Phi) is 4.76. The Morgan fingerprint density at radius 3 is 3.00 bits per heavy atom. The normalized spacial score (nSPS) is 18.5. The van der Waals surface area contributed by atoms with E-state index in [9.17, 15) is 9.59 Å². The van der Waals surface area contributed by atoms with Crippen molar-refractivity contribution in [2.24, 2.45) is 0 Å². The smallest absolute Gasteiger partial charge is 0.224 e. The Balaban J connectivity index is 1.71. The maximum absolute atomic E-state index is 12.0. The van der Waals surface area contributed by atoms with Gasteiger partial charge in [0.05, 0.1) is 12.2 Å². The van der Waals surface area contributed by atoms with Crippen molar-refractivity contribution in [2.45, 2.75) is 45.1 Å². The maximum Gasteiger partial charge on any atom is 0.224 e. The van der Waals surface area contributed by atoms with Crippen LogP contribution in [0.25, 0.3) is 0 Å². The van der Waals surface area contributed by atoms with Crippen LogP contribution in [-0.2, 0) is 22.4 Å². The minimum absolute atomic E-state index is 0.0223. The van der Waals surface area contributed by atoms with Gasteiger partial charge in [-0.25, -0.2) is 0 Å². The van der Waals surface area contributed by atoms with Crippen molar-refractivity contribution < 1.29 is 19.4 Å². The molecular weight excluding hydrogens is 308 g/mol. The SMILES string of the molecule is Cc1cc2c(c3c1NC(=O)CC3)OC(CN(C)C(=O)CCCO)C2. The maximum atomic E-state index is 12.0. The number of carbonyl (C=O) groups excluding carboxylic acids is 2. The summed E-state index contributed by atoms with van der Waals surface area (Å²) in [6, 6.07) is 2.08. The third-order valence-electron chi connectivity index (χ3n) is 4.70. The number of fused-ring (bicyclic) bond motifs is 3. The molecule has 6 nitrogen and oxygen atoms in total. The van der Waals surface area contributed by atoms with Crippen LogP contribution >= 0.6 is 0 Å². The predicted molar refractivity (Wildman–Crippen MR) is 90.2 cm³/mol. The lowest BCUT2D eigenvalue weighted by Gasteiger charge is -2.23. The number of ether oxygens (including phenoxy) is 1. The molecule has 0 bridgehead atoms. The highest BCUT2D eigenvalue weighted by Gasteiger charge is 2.31. The second-order valence-corrected chi connectivity index (χ2v) is 6.63. The Morgan fingerprint density at radius 2 is 2.25 bits per heavy atom. The lowest BCUT2D eigenvalue weighted by atomic mass is 9.94. The zero-order valence-electron chi connectivity index (χ0n) is 14.2. The fourth-order valence-electron chi connectivity index (χ4n) is 3.48. The molecule has 2 aliphatic heterocycles. The molecule has 130 valence electrons. The fraction of sp³-hybridized carbons (Fsp3) is 0.556. The zero-order valence-corrected chi connectivity index (χ0v) is 14.2. The molecule has 24 heavy (non-hydrogen) atoms. The van der Waals surface area contributed by atoms with Crippen LogP contribution in [0.4, 0.5) is 5.69 Å². The molecule has 2 N–H and O–H groups in total. The Morgan fingerprint density at radius 1 is 1.46 bits per heavy atom. The predicted octanol–water partition coefficient (Wildman–Crippen LogP) is 1.41. The van der Waals surface area contributed by atoms with E-state index >= 15 is 0 Å². The molecule has 1 aromatic carbocycles. The van der Waals surface area contributed by atoms with Gasteiger partial charge in [0, 0.05) is 38.5 Å². The van der Waals surface area contributed by atoms with Gasteiger partial charge in [0.2, 0.25) is 11.8 Å². The van der Waals surface area contributed by atoms with Gasteiger partial charge < -0.3 is 20.1 Å². The van der Waals surface area contributed by atoms with Crippen molar-refractivity contribution >= 4 is 17.5 Å². The first kappa shape index (κ1) is 16.8. The van der Waals surface area contributed by atoms with Gasteiger partial charge >= 0.3 is 0 Å². The number of nitrogens with one attached hydrogen (secondary N) is 1. The van der Waals surface area contributed by atoms with E-state index in [1.165, 1.54) is 0 Å². The number of carbonyl (C=O) groups is 2. The van der Waals surface area contributed by atoms with Crippen LogP contribution in [0.3, 0.4) is 0 Å². The number of hydrogen-bond acceptors (Lipinski definition) is 4. The van der Waals surface area contributed by atoms with Crippen LogP contribution < -0.4 is 10.1 Å². The number of nitrogens with zero attached hydrogens (tertiary/aromatic N) is 1. The monoisotopic (exact) mass is 332 g/mol. The second kappa shape index (κ2) is 6.81. The molecule has 3 rings (SSSR count). The number of likely N-dealkylation sites (N-methyl/N-ethyl adjacent to an activating group) is 1. The molecule has 1 atom stereocenters. The number of aliphatic hydroxyl groups is 1. The quantitative estimate of drug-likeness (QED) is 0.855. The number of rotatable bonds is 5. The van der Waals surface area contributed by atoms with Gasteiger partial charge in [-0.3, -0.25) is 9.59 Å². The number of anilines is 1. The van der Waals surface area contributed by atoms with Crippen molar-refractivity contribution in [3.63, 3.8) is 0 Å². The van der Waals surface area contributed by atoms with Crippen LogP contribution in [0.1, 0.15) is 36.0 Å². The van der Waals surface area contributed by atoms with E-state index in [0.717, 1.165) is 34.5 Å². The topological polar surface area (TPSA) is 78.9 Å². The van der Waals surface area contributed by atoms with Gasteiger partial charge in [-0.15, -0.1) is 0 Å². The summed E-state index contributed by atoms with van der Waals surface area (Å²) in [5, 5.41) is 11.8. The Labute approximate surface area is 141 Å². The second-order valence-electron chi connectivity index (χ2n) is 6.63. The Hall–Kier alpha value is -2.08. The third kappa shape index (κ3) is 3.24. The summed E-state index contributed by atoms with van der Waals surface area (Å²) in [7, 11) is 1.77. The summed E-state index contributed by atoms with van der Waals surface area (Å²) >= 11 is 0. The molecule has 0 radical (unpaired) electrons. The van der Waals surface area contributed by atoms with Gasteiger partial charge in [-0.2, -0.15) is 0 Å². The number of aryl methyl sites for hydroxylation is 1. The Bertz CT molecular complexity index is 671. The van der Waals surface area contributed by atoms with Crippen LogP contribution in [0.5, 0.6) is 5.75 Å². The van der Waals surface area contributed by atoms with E-state index in [4.69, 9.17) is 9.84 Å². The van der Waals surface area contributed by atoms with Gasteiger partial charge in [-0.05, 0) is 30.9 Å². The lowest BCUT2D eigenvalue weighted by Crippen LogP contribution is -2.36. The molecule has 0 aliphatic carbocycles. The van der Waals surface area contributed by atoms with E-state index in [-0.39, 0.29) is 24.5 Å². The first-order valence-corrected chi connectivity index (χ1v) is 8.46. The highest BCUT2D eigenvalue weighted by atomic mass is 16.5. The molecule has 2 aliphatic rings. The molecule has 1 unspecified atom stereocenters. The molecule has 0 saturated carbocycles. The summed E-state index contributed by atoms with van der Waals surface area (Å²) in [6.45, 7) is 2.56. The highest BCUT2D eigenvalue weighted by Crippen LogP contribution is 2.41. The van der Waals surface area contributed by atoms with E-state index in [0.29, 0.717) is 32.2 Å². The first-order valence-electron chi connectivity index (χ1n) is 8.46. The number of aliphatic hydroxyl groups excluding tert-OH is 1. The summed E-state index contributed by atoms with van der Waals surface area (Å²) in [5.41, 5.74) is 4.19. The van der Waals surface area contributed by atoms with E-state index in [1.807, 2.05) is 6.92 Å². The third-order valence-corrected chi connectivity index (χ3v) is 4.70. The van der Waals surface area contributed by atoms with Crippen LogP contribution in [0, 0.1) is 6.92 Å². The van der Waals surface area contributed by atoms with Crippen molar-refractivity contribution in [1.29, 1.82) is 0 Å². The van der Waals surface area contributed by atoms with E-state index in [1.54, 1.807) is 11.9 Å². The molecule has 0 aromatic heterocycles. The average molecular weight is 332 g/mol. The minimum Gasteiger partial charge on any atom is -0.488 e. The number of hydrogen-bond donors (Lipinski definition) is 2. The van der Waals surface area contributed by atoms with Crippen molar-refractivity contribution in [1.82, 2.24) is 4.90 Å². The van der Waals surface area contributed by atoms with Gasteiger partial charge in [-0.1, -0.05) is 6.07 Å². The van der Waals surface area contributed by atoms with Gasteiger partial charge in [0.25, 0.3) is 0 Å².